The summed E-state index contributed by atoms with van der Waals surface area (Å²) in [4.78, 5) is 15.3. The second-order valence-corrected chi connectivity index (χ2v) is 4.22. The van der Waals surface area contributed by atoms with Gasteiger partial charge in [0.1, 0.15) is 12.1 Å². The molecule has 3 rings (SSSR count). The highest BCUT2D eigenvalue weighted by atomic mass is 16.1. The smallest absolute Gasteiger partial charge is 0.348 e. The van der Waals surface area contributed by atoms with Crippen LogP contribution in [0.5, 0.6) is 0 Å². The molecule has 0 unspecified atom stereocenters. The summed E-state index contributed by atoms with van der Waals surface area (Å²) >= 11 is 0. The first-order valence-electron chi connectivity index (χ1n) is 4.87. The minimum atomic E-state index is -0.262. The van der Waals surface area contributed by atoms with Crippen molar-refractivity contribution in [1.29, 1.82) is 0 Å². The topological polar surface area (TPSA) is 75.1 Å². The summed E-state index contributed by atoms with van der Waals surface area (Å²) in [5, 5.41) is 9.56. The van der Waals surface area contributed by atoms with Crippen molar-refractivity contribution < 1.29 is 0 Å². The van der Waals surface area contributed by atoms with Crippen molar-refractivity contribution in [2.24, 2.45) is 0 Å². The van der Waals surface area contributed by atoms with E-state index in [1.807, 2.05) is 0 Å². The Kier molecular flexibility index (Phi) is 1.46. The molecule has 0 aromatic carbocycles. The number of hydrogen-bond donors (Lipinski definition) is 2. The van der Waals surface area contributed by atoms with E-state index in [2.05, 4.69) is 27.4 Å². The first-order chi connectivity index (χ1) is 7.16. The Morgan fingerprint density at radius 2 is 2.40 bits per heavy atom. The molecule has 6 heteroatoms. The van der Waals surface area contributed by atoms with Gasteiger partial charge in [-0.1, -0.05) is 0 Å². The highest BCUT2D eigenvalue weighted by Gasteiger charge is 2.37. The molecule has 15 heavy (non-hydrogen) atoms. The van der Waals surface area contributed by atoms with Crippen LogP contribution in [0.3, 0.4) is 0 Å². The molecular weight excluding hydrogens is 194 g/mol. The summed E-state index contributed by atoms with van der Waals surface area (Å²) in [7, 11) is 0. The van der Waals surface area contributed by atoms with E-state index >= 15 is 0 Å². The van der Waals surface area contributed by atoms with Crippen LogP contribution in [-0.4, -0.2) is 25.1 Å². The Bertz CT molecular complexity index is 565. The van der Waals surface area contributed by atoms with Crippen molar-refractivity contribution in [2.45, 2.75) is 25.3 Å². The monoisotopic (exact) mass is 205 g/mol. The second-order valence-electron chi connectivity index (χ2n) is 4.22. The molecule has 1 aliphatic rings. The molecule has 0 atom stereocenters. The van der Waals surface area contributed by atoms with E-state index in [0.29, 0.717) is 5.65 Å². The van der Waals surface area contributed by atoms with Gasteiger partial charge in [-0.2, -0.15) is 5.10 Å². The minimum Gasteiger partial charge on any atom is -0.365 e. The predicted octanol–water partition coefficient (Wildman–Crippen LogP) is 0.382. The molecule has 78 valence electrons. The number of rotatable bonds is 2. The molecular formula is C9H11N5O. The lowest BCUT2D eigenvalue weighted by molar-refractivity contribution is 0.818. The lowest BCUT2D eigenvalue weighted by Gasteiger charge is -2.11. The van der Waals surface area contributed by atoms with Crippen molar-refractivity contribution in [3.05, 3.63) is 22.9 Å². The van der Waals surface area contributed by atoms with Gasteiger partial charge in [-0.15, -0.1) is 0 Å². The maximum absolute atomic E-state index is 11.2. The Morgan fingerprint density at radius 3 is 3.13 bits per heavy atom. The van der Waals surface area contributed by atoms with Crippen molar-refractivity contribution in [3.63, 3.8) is 0 Å². The summed E-state index contributed by atoms with van der Waals surface area (Å²) in [5.41, 5.74) is 0.505. The summed E-state index contributed by atoms with van der Waals surface area (Å²) in [5.74, 6) is 0.765. The zero-order valence-corrected chi connectivity index (χ0v) is 8.32. The maximum atomic E-state index is 11.2. The van der Waals surface area contributed by atoms with Crippen LogP contribution in [0.4, 0.5) is 5.82 Å². The Labute approximate surface area is 85.3 Å². The highest BCUT2D eigenvalue weighted by molar-refractivity contribution is 5.50. The van der Waals surface area contributed by atoms with Gasteiger partial charge in [0.2, 0.25) is 0 Å². The number of nitrogens with zero attached hydrogens (tertiary/aromatic N) is 3. The van der Waals surface area contributed by atoms with Crippen molar-refractivity contribution in [3.8, 4) is 0 Å². The van der Waals surface area contributed by atoms with Gasteiger partial charge in [0.25, 0.3) is 0 Å². The zero-order chi connectivity index (χ0) is 10.5. The van der Waals surface area contributed by atoms with Crippen LogP contribution in [0.2, 0.25) is 0 Å². The third-order valence-corrected chi connectivity index (χ3v) is 2.74. The molecule has 0 bridgehead atoms. The van der Waals surface area contributed by atoms with Gasteiger partial charge in [-0.3, -0.25) is 0 Å². The summed E-state index contributed by atoms with van der Waals surface area (Å²) in [6.07, 6.45) is 3.80. The molecule has 0 amide bonds. The molecule has 2 heterocycles. The molecule has 1 fully saturated rings. The van der Waals surface area contributed by atoms with Crippen LogP contribution in [0.1, 0.15) is 19.8 Å². The fourth-order valence-corrected chi connectivity index (χ4v) is 1.50. The van der Waals surface area contributed by atoms with E-state index in [4.69, 9.17) is 0 Å². The number of fused-ring (bicyclic) bond motifs is 1. The van der Waals surface area contributed by atoms with Crippen LogP contribution >= 0.6 is 0 Å². The standard InChI is InChI=1S/C9H11N5O/c1-9(2-3-9)11-6-4-7-12-13-8(15)14(7)5-10-6/h4-5,11H,2-3H2,1H3,(H,13,15). The van der Waals surface area contributed by atoms with Crippen molar-refractivity contribution in [2.75, 3.05) is 5.32 Å². The molecule has 0 radical (unpaired) electrons. The number of nitrogens with one attached hydrogen (secondary N) is 2. The molecule has 6 nitrogen and oxygen atoms in total. The molecule has 1 saturated carbocycles. The van der Waals surface area contributed by atoms with E-state index in [-0.39, 0.29) is 11.2 Å². The van der Waals surface area contributed by atoms with Gasteiger partial charge < -0.3 is 5.32 Å². The van der Waals surface area contributed by atoms with Crippen LogP contribution in [0.15, 0.2) is 17.2 Å². The number of H-pyrrole nitrogens is 1. The van der Waals surface area contributed by atoms with Crippen LogP contribution in [-0.2, 0) is 0 Å². The zero-order valence-electron chi connectivity index (χ0n) is 8.32. The SMILES string of the molecule is CC1(Nc2cc3n[nH]c(=O)n3cn2)CC1. The fraction of sp³-hybridized carbons (Fsp3) is 0.444. The summed E-state index contributed by atoms with van der Waals surface area (Å²) < 4.78 is 1.38. The van der Waals surface area contributed by atoms with E-state index in [1.54, 1.807) is 6.07 Å². The molecule has 1 aliphatic carbocycles. The predicted molar refractivity (Wildman–Crippen MR) is 54.9 cm³/mol. The first-order valence-corrected chi connectivity index (χ1v) is 4.87. The van der Waals surface area contributed by atoms with Gasteiger partial charge in [-0.25, -0.2) is 19.3 Å². The van der Waals surface area contributed by atoms with Crippen LogP contribution in [0, 0.1) is 0 Å². The number of aromatic nitrogens is 4. The normalized spacial score (nSPS) is 17.9. The van der Waals surface area contributed by atoms with Crippen molar-refractivity contribution >= 4 is 11.5 Å². The number of aromatic amines is 1. The fourth-order valence-electron chi connectivity index (χ4n) is 1.50. The lowest BCUT2D eigenvalue weighted by Crippen LogP contribution is -2.17. The number of anilines is 1. The Balaban J connectivity index is 2.02. The average Bonchev–Trinajstić information content (AvgIpc) is 2.81. The summed E-state index contributed by atoms with van der Waals surface area (Å²) in [6, 6.07) is 1.77. The van der Waals surface area contributed by atoms with E-state index in [9.17, 15) is 4.79 Å². The molecule has 2 aromatic rings. The molecule has 0 aliphatic heterocycles. The van der Waals surface area contributed by atoms with Gasteiger partial charge in [0, 0.05) is 11.6 Å². The lowest BCUT2D eigenvalue weighted by atomic mass is 10.3. The number of hydrogen-bond acceptors (Lipinski definition) is 4. The van der Waals surface area contributed by atoms with E-state index in [1.165, 1.54) is 10.7 Å². The Hall–Kier alpha value is -1.85. The average molecular weight is 205 g/mol. The van der Waals surface area contributed by atoms with Crippen LogP contribution in [0.25, 0.3) is 5.65 Å². The first kappa shape index (κ1) is 8.46. The summed E-state index contributed by atoms with van der Waals surface area (Å²) in [6.45, 7) is 2.15. The van der Waals surface area contributed by atoms with Gasteiger partial charge >= 0.3 is 5.69 Å². The third-order valence-electron chi connectivity index (χ3n) is 2.74. The van der Waals surface area contributed by atoms with Gasteiger partial charge in [0.05, 0.1) is 0 Å². The minimum absolute atomic E-state index is 0.182. The second kappa shape index (κ2) is 2.59. The third kappa shape index (κ3) is 1.38. The quantitative estimate of drug-likeness (QED) is 0.743. The van der Waals surface area contributed by atoms with Gasteiger partial charge in [-0.05, 0) is 19.8 Å². The highest BCUT2D eigenvalue weighted by Crippen LogP contribution is 2.37. The molecule has 2 N–H and O–H groups in total. The Morgan fingerprint density at radius 1 is 1.60 bits per heavy atom. The molecule has 2 aromatic heterocycles. The maximum Gasteiger partial charge on any atom is 0.348 e. The van der Waals surface area contributed by atoms with Crippen LogP contribution < -0.4 is 11.0 Å². The molecule has 0 spiro atoms. The largest absolute Gasteiger partial charge is 0.365 e. The van der Waals surface area contributed by atoms with Crippen molar-refractivity contribution in [1.82, 2.24) is 19.6 Å². The molecule has 0 saturated heterocycles. The van der Waals surface area contributed by atoms with E-state index < -0.39 is 0 Å². The van der Waals surface area contributed by atoms with E-state index in [0.717, 1.165) is 18.7 Å². The van der Waals surface area contributed by atoms with Gasteiger partial charge in [0.15, 0.2) is 5.65 Å².